The van der Waals surface area contributed by atoms with Crippen LogP contribution in [-0.4, -0.2) is 31.9 Å². The molecule has 2 saturated heterocycles. The summed E-state index contributed by atoms with van der Waals surface area (Å²) in [5.41, 5.74) is 0.503. The second-order valence-corrected chi connectivity index (χ2v) is 7.88. The Bertz CT molecular complexity index is 659. The summed E-state index contributed by atoms with van der Waals surface area (Å²) in [4.78, 5) is 13.6. The van der Waals surface area contributed by atoms with Crippen LogP contribution in [0.3, 0.4) is 0 Å². The predicted molar refractivity (Wildman–Crippen MR) is 74.5 cm³/mol. The Hall–Kier alpha value is -0.780. The summed E-state index contributed by atoms with van der Waals surface area (Å²) in [5, 5.41) is 0.652. The van der Waals surface area contributed by atoms with Gasteiger partial charge in [-0.3, -0.25) is 4.79 Å². The van der Waals surface area contributed by atoms with Crippen LogP contribution in [0.2, 0.25) is 10.0 Å². The number of fused-ring (bicyclic) bond motifs is 1. The molecule has 0 unspecified atom stereocenters. The van der Waals surface area contributed by atoms with Gasteiger partial charge < -0.3 is 4.90 Å². The largest absolute Gasteiger partial charge is 0.306 e. The van der Waals surface area contributed by atoms with Gasteiger partial charge in [-0.1, -0.05) is 29.3 Å². The van der Waals surface area contributed by atoms with E-state index >= 15 is 0 Å². The van der Waals surface area contributed by atoms with Crippen LogP contribution in [-0.2, 0) is 14.6 Å². The highest BCUT2D eigenvalue weighted by atomic mass is 35.5. The second-order valence-electron chi connectivity index (χ2n) is 4.95. The van der Waals surface area contributed by atoms with Crippen molar-refractivity contribution in [3.8, 4) is 0 Å². The van der Waals surface area contributed by atoms with Crippen molar-refractivity contribution in [3.63, 3.8) is 0 Å². The molecule has 2 fully saturated rings. The Morgan fingerprint density at radius 2 is 1.95 bits per heavy atom. The summed E-state index contributed by atoms with van der Waals surface area (Å²) in [6, 6.07) is 4.72. The van der Waals surface area contributed by atoms with Gasteiger partial charge in [0, 0.05) is 12.3 Å². The molecule has 0 radical (unpaired) electrons. The van der Waals surface area contributed by atoms with E-state index in [0.717, 1.165) is 0 Å². The number of hydrogen-bond acceptors (Lipinski definition) is 3. The molecular formula is C12H11Cl2NO3S. The van der Waals surface area contributed by atoms with Crippen molar-refractivity contribution in [1.29, 1.82) is 0 Å². The van der Waals surface area contributed by atoms with E-state index in [9.17, 15) is 13.2 Å². The SMILES string of the molecule is O=C1C[C@H]2CS(=O)(=O)C[C@H]2N1c1cccc(Cl)c1Cl. The minimum atomic E-state index is -3.06. The third kappa shape index (κ3) is 2.14. The maximum absolute atomic E-state index is 12.1. The van der Waals surface area contributed by atoms with E-state index in [2.05, 4.69) is 0 Å². The highest BCUT2D eigenvalue weighted by Gasteiger charge is 2.49. The first-order valence-corrected chi connectivity index (χ1v) is 8.43. The first kappa shape index (κ1) is 13.2. The van der Waals surface area contributed by atoms with Crippen LogP contribution in [0.15, 0.2) is 18.2 Å². The molecule has 0 aromatic heterocycles. The molecule has 2 aliphatic heterocycles. The molecule has 4 nitrogen and oxygen atoms in total. The number of sulfone groups is 1. The number of halogens is 2. The van der Waals surface area contributed by atoms with Gasteiger partial charge in [0.25, 0.3) is 0 Å². The van der Waals surface area contributed by atoms with Gasteiger partial charge in [0.05, 0.1) is 33.3 Å². The van der Waals surface area contributed by atoms with Gasteiger partial charge in [-0.25, -0.2) is 8.42 Å². The third-order valence-corrected chi connectivity index (χ3v) is 6.26. The maximum Gasteiger partial charge on any atom is 0.227 e. The molecule has 7 heteroatoms. The second kappa shape index (κ2) is 4.36. The monoisotopic (exact) mass is 319 g/mol. The number of rotatable bonds is 1. The molecule has 0 bridgehead atoms. The van der Waals surface area contributed by atoms with Crippen molar-refractivity contribution < 1.29 is 13.2 Å². The van der Waals surface area contributed by atoms with Crippen molar-refractivity contribution in [2.45, 2.75) is 12.5 Å². The van der Waals surface area contributed by atoms with Gasteiger partial charge in [0.2, 0.25) is 5.91 Å². The highest BCUT2D eigenvalue weighted by Crippen LogP contribution is 2.41. The van der Waals surface area contributed by atoms with E-state index < -0.39 is 9.84 Å². The topological polar surface area (TPSA) is 54.5 Å². The average molecular weight is 320 g/mol. The number of carbonyl (C=O) groups is 1. The van der Waals surface area contributed by atoms with Crippen molar-refractivity contribution >= 4 is 44.6 Å². The summed E-state index contributed by atoms with van der Waals surface area (Å²) in [6.07, 6.45) is 0.257. The molecule has 0 aliphatic carbocycles. The molecule has 3 rings (SSSR count). The van der Waals surface area contributed by atoms with E-state index in [4.69, 9.17) is 23.2 Å². The molecular weight excluding hydrogens is 309 g/mol. The molecule has 1 aromatic carbocycles. The van der Waals surface area contributed by atoms with Crippen LogP contribution < -0.4 is 4.90 Å². The van der Waals surface area contributed by atoms with E-state index in [1.807, 2.05) is 0 Å². The van der Waals surface area contributed by atoms with Gasteiger partial charge in [0.1, 0.15) is 0 Å². The van der Waals surface area contributed by atoms with Crippen molar-refractivity contribution in [2.75, 3.05) is 16.4 Å². The van der Waals surface area contributed by atoms with Crippen molar-refractivity contribution in [3.05, 3.63) is 28.2 Å². The lowest BCUT2D eigenvalue weighted by Gasteiger charge is -2.24. The van der Waals surface area contributed by atoms with Crippen LogP contribution >= 0.6 is 23.2 Å². The van der Waals surface area contributed by atoms with Crippen LogP contribution in [0.4, 0.5) is 5.69 Å². The molecule has 0 saturated carbocycles. The van der Waals surface area contributed by atoms with E-state index in [0.29, 0.717) is 15.7 Å². The minimum Gasteiger partial charge on any atom is -0.306 e. The molecule has 0 N–H and O–H groups in total. The van der Waals surface area contributed by atoms with Gasteiger partial charge >= 0.3 is 0 Å². The summed E-state index contributed by atoms with van der Waals surface area (Å²) >= 11 is 12.1. The lowest BCUT2D eigenvalue weighted by atomic mass is 10.0. The van der Waals surface area contributed by atoms with E-state index in [1.165, 1.54) is 4.90 Å². The van der Waals surface area contributed by atoms with Gasteiger partial charge in [0.15, 0.2) is 9.84 Å². The van der Waals surface area contributed by atoms with Gasteiger partial charge in [-0.2, -0.15) is 0 Å². The van der Waals surface area contributed by atoms with Gasteiger partial charge in [-0.05, 0) is 12.1 Å². The summed E-state index contributed by atoms with van der Waals surface area (Å²) in [7, 11) is -3.06. The third-order valence-electron chi connectivity index (χ3n) is 3.66. The summed E-state index contributed by atoms with van der Waals surface area (Å²) < 4.78 is 23.4. The van der Waals surface area contributed by atoms with Crippen LogP contribution in [0.25, 0.3) is 0 Å². The highest BCUT2D eigenvalue weighted by molar-refractivity contribution is 7.91. The van der Waals surface area contributed by atoms with Crippen LogP contribution in [0.5, 0.6) is 0 Å². The average Bonchev–Trinajstić information content (AvgIpc) is 2.73. The smallest absolute Gasteiger partial charge is 0.227 e. The zero-order valence-corrected chi connectivity index (χ0v) is 12.2. The number of amides is 1. The van der Waals surface area contributed by atoms with Crippen LogP contribution in [0.1, 0.15) is 6.42 Å². The maximum atomic E-state index is 12.1. The molecule has 2 atom stereocenters. The molecule has 0 spiro atoms. The number of nitrogens with zero attached hydrogens (tertiary/aromatic N) is 1. The quantitative estimate of drug-likeness (QED) is 0.797. The Labute approximate surface area is 121 Å². The lowest BCUT2D eigenvalue weighted by Crippen LogP contribution is -2.36. The van der Waals surface area contributed by atoms with E-state index in [1.54, 1.807) is 18.2 Å². The number of anilines is 1. The fraction of sp³-hybridized carbons (Fsp3) is 0.417. The Morgan fingerprint density at radius 1 is 1.21 bits per heavy atom. The zero-order valence-electron chi connectivity index (χ0n) is 9.84. The lowest BCUT2D eigenvalue weighted by molar-refractivity contribution is -0.117. The molecule has 1 aromatic rings. The molecule has 102 valence electrons. The number of benzene rings is 1. The molecule has 19 heavy (non-hydrogen) atoms. The fourth-order valence-electron chi connectivity index (χ4n) is 2.88. The standard InChI is InChI=1S/C12H11Cl2NO3S/c13-8-2-1-3-9(12(8)14)15-10-6-19(17,18)5-7(10)4-11(15)16/h1-3,7,10H,4-6H2/t7-,10+/m0/s1. The van der Waals surface area contributed by atoms with Crippen molar-refractivity contribution in [1.82, 2.24) is 0 Å². The predicted octanol–water partition coefficient (Wildman–Crippen LogP) is 2.14. The molecule has 2 aliphatic rings. The Kier molecular flexibility index (Phi) is 3.04. The number of carbonyl (C=O) groups excluding carboxylic acids is 1. The Balaban J connectivity index is 2.05. The minimum absolute atomic E-state index is 0.00620. The molecule has 1 amide bonds. The van der Waals surface area contributed by atoms with E-state index in [-0.39, 0.29) is 35.8 Å². The first-order valence-electron chi connectivity index (χ1n) is 5.85. The summed E-state index contributed by atoms with van der Waals surface area (Å²) in [6.45, 7) is 0. The zero-order chi connectivity index (χ0) is 13.8. The fourth-order valence-corrected chi connectivity index (χ4v) is 5.34. The van der Waals surface area contributed by atoms with Crippen LogP contribution in [0, 0.1) is 5.92 Å². The number of hydrogen-bond donors (Lipinski definition) is 0. The first-order chi connectivity index (χ1) is 8.89. The molecule has 2 heterocycles. The Morgan fingerprint density at radius 3 is 2.68 bits per heavy atom. The summed E-state index contributed by atoms with van der Waals surface area (Å²) in [5.74, 6) is -0.133. The normalized spacial score (nSPS) is 28.7. The van der Waals surface area contributed by atoms with Crippen molar-refractivity contribution in [2.24, 2.45) is 5.92 Å². The van der Waals surface area contributed by atoms with Gasteiger partial charge in [-0.15, -0.1) is 0 Å².